The molecule has 18 heavy (non-hydrogen) atoms. The first kappa shape index (κ1) is 10.8. The number of benzene rings is 2. The molecule has 0 nitrogen and oxygen atoms in total. The van der Waals surface area contributed by atoms with E-state index < -0.39 is 0 Å². The molecule has 0 radical (unpaired) electrons. The summed E-state index contributed by atoms with van der Waals surface area (Å²) in [6.45, 7) is 4.36. The van der Waals surface area contributed by atoms with E-state index in [0.717, 1.165) is 0 Å². The summed E-state index contributed by atoms with van der Waals surface area (Å²) in [4.78, 5) is 0. The molecular formula is C16H12SSe. The summed E-state index contributed by atoms with van der Waals surface area (Å²) in [5.41, 5.74) is 2.74. The van der Waals surface area contributed by atoms with Gasteiger partial charge in [-0.05, 0) is 0 Å². The normalized spacial score (nSPS) is 11.9. The van der Waals surface area contributed by atoms with Crippen molar-refractivity contribution in [3.63, 3.8) is 0 Å². The molecule has 0 aliphatic rings. The van der Waals surface area contributed by atoms with Crippen molar-refractivity contribution in [1.29, 1.82) is 0 Å². The Morgan fingerprint density at radius 3 is 2.44 bits per heavy atom. The van der Waals surface area contributed by atoms with Crippen molar-refractivity contribution in [3.8, 4) is 0 Å². The summed E-state index contributed by atoms with van der Waals surface area (Å²) in [5, 5.41) is 2.96. The fraction of sp³-hybridized carbons (Fsp3) is 0.125. The van der Waals surface area contributed by atoms with Gasteiger partial charge in [-0.2, -0.15) is 0 Å². The molecule has 0 atom stereocenters. The number of thiophene rings is 1. The molecular weight excluding hydrogens is 303 g/mol. The van der Waals surface area contributed by atoms with Crippen LogP contribution >= 0.6 is 11.3 Å². The molecule has 0 spiro atoms. The fourth-order valence-corrected chi connectivity index (χ4v) is 7.07. The molecule has 4 aromatic rings. The van der Waals surface area contributed by atoms with E-state index in [0.29, 0.717) is 14.5 Å². The Balaban J connectivity index is 2.23. The van der Waals surface area contributed by atoms with Gasteiger partial charge in [0.05, 0.1) is 0 Å². The molecule has 4 rings (SSSR count). The van der Waals surface area contributed by atoms with Crippen molar-refractivity contribution in [2.75, 3.05) is 0 Å². The molecule has 0 bridgehead atoms. The molecule has 88 valence electrons. The summed E-state index contributed by atoms with van der Waals surface area (Å²) < 4.78 is 6.13. The van der Waals surface area contributed by atoms with Crippen LogP contribution in [0.3, 0.4) is 0 Å². The fourth-order valence-electron chi connectivity index (χ4n) is 2.47. The Kier molecular flexibility index (Phi) is 2.23. The maximum atomic E-state index is 2.36. The van der Waals surface area contributed by atoms with Gasteiger partial charge in [-0.1, -0.05) is 0 Å². The van der Waals surface area contributed by atoms with E-state index in [-0.39, 0.29) is 0 Å². The van der Waals surface area contributed by atoms with Crippen LogP contribution in [0.1, 0.15) is 11.1 Å². The second-order valence-corrected chi connectivity index (χ2v) is 8.12. The second kappa shape index (κ2) is 3.71. The number of hydrogen-bond donors (Lipinski definition) is 0. The summed E-state index contributed by atoms with van der Waals surface area (Å²) >= 11 is 2.45. The summed E-state index contributed by atoms with van der Waals surface area (Å²) in [6, 6.07) is 13.8. The Bertz CT molecular complexity index is 820. The van der Waals surface area contributed by atoms with Crippen molar-refractivity contribution in [2.24, 2.45) is 0 Å². The SMILES string of the molecule is Cc1ccc2c(c1)sc1c3ccc(C)cc3[se]c21. The van der Waals surface area contributed by atoms with Crippen LogP contribution in [0, 0.1) is 13.8 Å². The molecule has 2 heterocycles. The van der Waals surface area contributed by atoms with Crippen LogP contribution in [-0.4, -0.2) is 14.5 Å². The quantitative estimate of drug-likeness (QED) is 0.406. The zero-order valence-electron chi connectivity index (χ0n) is 10.3. The summed E-state index contributed by atoms with van der Waals surface area (Å²) in [5.74, 6) is 0. The third-order valence-corrected chi connectivity index (χ3v) is 7.36. The number of aryl methyl sites for hydroxylation is 2. The average molecular weight is 315 g/mol. The molecule has 0 fully saturated rings. The van der Waals surface area contributed by atoms with Crippen LogP contribution in [0.5, 0.6) is 0 Å². The van der Waals surface area contributed by atoms with E-state index in [9.17, 15) is 0 Å². The molecule has 0 saturated heterocycles. The minimum atomic E-state index is 0.490. The van der Waals surface area contributed by atoms with Crippen LogP contribution in [0.25, 0.3) is 28.7 Å². The van der Waals surface area contributed by atoms with Crippen LogP contribution in [-0.2, 0) is 0 Å². The van der Waals surface area contributed by atoms with Gasteiger partial charge in [-0.3, -0.25) is 0 Å². The second-order valence-electron chi connectivity index (χ2n) is 4.86. The predicted molar refractivity (Wildman–Crippen MR) is 83.3 cm³/mol. The van der Waals surface area contributed by atoms with Gasteiger partial charge in [0.2, 0.25) is 0 Å². The first-order chi connectivity index (χ1) is 8.72. The van der Waals surface area contributed by atoms with E-state index in [1.807, 2.05) is 11.3 Å². The van der Waals surface area contributed by atoms with Crippen molar-refractivity contribution < 1.29 is 0 Å². The number of hydrogen-bond acceptors (Lipinski definition) is 1. The predicted octanol–water partition coefficient (Wildman–Crippen LogP) is 4.88. The summed E-state index contributed by atoms with van der Waals surface area (Å²) in [7, 11) is 0. The first-order valence-electron chi connectivity index (χ1n) is 6.04. The van der Waals surface area contributed by atoms with Gasteiger partial charge in [-0.15, -0.1) is 0 Å². The average Bonchev–Trinajstić information content (AvgIpc) is 2.83. The zero-order chi connectivity index (χ0) is 12.3. The topological polar surface area (TPSA) is 0 Å². The van der Waals surface area contributed by atoms with Gasteiger partial charge < -0.3 is 0 Å². The Hall–Kier alpha value is -1.08. The van der Waals surface area contributed by atoms with Gasteiger partial charge in [-0.25, -0.2) is 0 Å². The Morgan fingerprint density at radius 1 is 0.889 bits per heavy atom. The third-order valence-electron chi connectivity index (χ3n) is 3.39. The first-order valence-corrected chi connectivity index (χ1v) is 8.57. The minimum absolute atomic E-state index is 0.490. The van der Waals surface area contributed by atoms with Crippen molar-refractivity contribution in [1.82, 2.24) is 0 Å². The van der Waals surface area contributed by atoms with Gasteiger partial charge in [0.25, 0.3) is 0 Å². The standard InChI is InChI=1S/C16H12SSe/c1-9-3-5-11-13(7-9)17-15-12-6-4-10(2)8-14(12)18-16(11)15/h3-8H,1-2H3. The van der Waals surface area contributed by atoms with Crippen molar-refractivity contribution in [2.45, 2.75) is 13.8 Å². The van der Waals surface area contributed by atoms with Crippen LogP contribution < -0.4 is 0 Å². The van der Waals surface area contributed by atoms with E-state index in [2.05, 4.69) is 50.2 Å². The third kappa shape index (κ3) is 1.43. The molecule has 0 unspecified atom stereocenters. The molecule has 0 amide bonds. The van der Waals surface area contributed by atoms with E-state index >= 15 is 0 Å². The van der Waals surface area contributed by atoms with Crippen LogP contribution in [0.4, 0.5) is 0 Å². The molecule has 0 N–H and O–H groups in total. The van der Waals surface area contributed by atoms with E-state index in [1.54, 1.807) is 8.52 Å². The molecule has 0 saturated carbocycles. The van der Waals surface area contributed by atoms with Crippen molar-refractivity contribution >= 4 is 54.5 Å². The van der Waals surface area contributed by atoms with Gasteiger partial charge >= 0.3 is 116 Å². The molecule has 0 aliphatic carbocycles. The summed E-state index contributed by atoms with van der Waals surface area (Å²) in [6.07, 6.45) is 0. The van der Waals surface area contributed by atoms with Crippen LogP contribution in [0.15, 0.2) is 36.4 Å². The Labute approximate surface area is 116 Å². The monoisotopic (exact) mass is 316 g/mol. The van der Waals surface area contributed by atoms with Crippen LogP contribution in [0.2, 0.25) is 0 Å². The number of rotatable bonds is 0. The maximum absolute atomic E-state index is 2.36. The van der Waals surface area contributed by atoms with Gasteiger partial charge in [0.1, 0.15) is 0 Å². The zero-order valence-corrected chi connectivity index (χ0v) is 12.8. The van der Waals surface area contributed by atoms with Gasteiger partial charge in [0, 0.05) is 0 Å². The number of fused-ring (bicyclic) bond motifs is 5. The van der Waals surface area contributed by atoms with Gasteiger partial charge in [0.15, 0.2) is 0 Å². The molecule has 2 aromatic carbocycles. The van der Waals surface area contributed by atoms with Crippen molar-refractivity contribution in [3.05, 3.63) is 47.5 Å². The molecule has 2 aromatic heterocycles. The Morgan fingerprint density at radius 2 is 1.61 bits per heavy atom. The van der Waals surface area contributed by atoms with E-state index in [1.165, 1.54) is 31.3 Å². The van der Waals surface area contributed by atoms with E-state index in [4.69, 9.17) is 0 Å². The molecule has 2 heteroatoms. The molecule has 0 aliphatic heterocycles.